The van der Waals surface area contributed by atoms with Crippen molar-refractivity contribution in [3.05, 3.63) is 42.1 Å². The van der Waals surface area contributed by atoms with Gasteiger partial charge in [0.2, 0.25) is 0 Å². The third-order valence-electron chi connectivity index (χ3n) is 1.84. The Morgan fingerprint density at radius 3 is 2.79 bits per heavy atom. The second-order valence-electron chi connectivity index (χ2n) is 2.70. The maximum atomic E-state index is 10.5. The van der Waals surface area contributed by atoms with Crippen LogP contribution in [0.1, 0.15) is 10.4 Å². The summed E-state index contributed by atoms with van der Waals surface area (Å²) in [6.07, 6.45) is 1.63. The summed E-state index contributed by atoms with van der Waals surface area (Å²) in [5.41, 5.74) is 0.829. The molecular weight excluding hydrogens is 189 g/mol. The van der Waals surface area contributed by atoms with E-state index in [9.17, 15) is 9.90 Å². The number of rotatable bonds is 1. The van der Waals surface area contributed by atoms with E-state index in [0.717, 1.165) is 5.39 Å². The van der Waals surface area contributed by atoms with E-state index in [1.54, 1.807) is 18.3 Å². The number of hydrogen-bond donors (Lipinski definition) is 0. The molecule has 0 fully saturated rings. The van der Waals surface area contributed by atoms with E-state index in [2.05, 4.69) is 4.98 Å². The number of aromatic nitrogens is 1. The van der Waals surface area contributed by atoms with Crippen molar-refractivity contribution in [3.8, 4) is 0 Å². The normalized spacial score (nSPS) is 9.43. The first-order valence-electron chi connectivity index (χ1n) is 3.83. The van der Waals surface area contributed by atoms with Crippen LogP contribution in [-0.4, -0.2) is 11.0 Å². The maximum absolute atomic E-state index is 10.5. The molecule has 1 aromatic carbocycles. The number of carbonyl (C=O) groups is 1. The summed E-state index contributed by atoms with van der Waals surface area (Å²) in [5, 5.41) is 11.4. The molecule has 0 radical (unpaired) electrons. The van der Waals surface area contributed by atoms with Gasteiger partial charge < -0.3 is 9.90 Å². The van der Waals surface area contributed by atoms with Crippen molar-refractivity contribution in [1.82, 2.24) is 4.98 Å². The zero-order valence-corrected chi connectivity index (χ0v) is 9.73. The molecule has 0 aliphatic carbocycles. The smallest absolute Gasteiger partial charge is 0.545 e. The van der Waals surface area contributed by atoms with Crippen molar-refractivity contribution in [2.24, 2.45) is 0 Å². The van der Waals surface area contributed by atoms with E-state index in [0.29, 0.717) is 5.52 Å². The summed E-state index contributed by atoms with van der Waals surface area (Å²) in [4.78, 5) is 14.5. The van der Waals surface area contributed by atoms with Crippen molar-refractivity contribution in [2.45, 2.75) is 0 Å². The fraction of sp³-hybridized carbons (Fsp3) is 0. The predicted octanol–water partition coefficient (Wildman–Crippen LogP) is -2.40. The van der Waals surface area contributed by atoms with Crippen molar-refractivity contribution < 1.29 is 39.5 Å². The van der Waals surface area contributed by atoms with Crippen LogP contribution in [0, 0.1) is 0 Å². The van der Waals surface area contributed by atoms with E-state index in [4.69, 9.17) is 0 Å². The largest absolute Gasteiger partial charge is 1.00 e. The molecule has 0 saturated heterocycles. The Labute approximate surface area is 103 Å². The van der Waals surface area contributed by atoms with Crippen LogP contribution in [0.25, 0.3) is 10.9 Å². The molecule has 14 heavy (non-hydrogen) atoms. The quantitative estimate of drug-likeness (QED) is 0.477. The average Bonchev–Trinajstić information content (AvgIpc) is 2.17. The van der Waals surface area contributed by atoms with Crippen LogP contribution in [0.4, 0.5) is 0 Å². The van der Waals surface area contributed by atoms with Gasteiger partial charge in [0.05, 0.1) is 11.5 Å². The number of nitrogens with zero attached hydrogens (tertiary/aromatic N) is 1. The topological polar surface area (TPSA) is 53.0 Å². The molecule has 0 atom stereocenters. The SMILES string of the molecule is O=C([O-])c1ccc2cccnc2c1.[Na+]. The van der Waals surface area contributed by atoms with Crippen LogP contribution < -0.4 is 34.7 Å². The van der Waals surface area contributed by atoms with Gasteiger partial charge in [-0.15, -0.1) is 0 Å². The van der Waals surface area contributed by atoms with E-state index in [1.807, 2.05) is 6.07 Å². The van der Waals surface area contributed by atoms with Gasteiger partial charge in [0, 0.05) is 11.6 Å². The molecule has 0 N–H and O–H groups in total. The number of hydrogen-bond acceptors (Lipinski definition) is 3. The molecule has 0 unspecified atom stereocenters. The van der Waals surface area contributed by atoms with Crippen LogP contribution in [0.3, 0.4) is 0 Å². The Kier molecular flexibility index (Phi) is 3.63. The van der Waals surface area contributed by atoms with E-state index < -0.39 is 5.97 Å². The maximum Gasteiger partial charge on any atom is 1.00 e. The predicted molar refractivity (Wildman–Crippen MR) is 46.1 cm³/mol. The summed E-state index contributed by atoms with van der Waals surface area (Å²) in [6, 6.07) is 8.42. The molecule has 0 spiro atoms. The van der Waals surface area contributed by atoms with E-state index >= 15 is 0 Å². The zero-order valence-electron chi connectivity index (χ0n) is 7.73. The fourth-order valence-electron chi connectivity index (χ4n) is 1.19. The third-order valence-corrected chi connectivity index (χ3v) is 1.84. The van der Waals surface area contributed by atoms with Gasteiger partial charge in [0.1, 0.15) is 0 Å². The third kappa shape index (κ3) is 2.12. The zero-order chi connectivity index (χ0) is 9.26. The molecule has 4 heteroatoms. The second-order valence-corrected chi connectivity index (χ2v) is 2.70. The molecule has 0 aliphatic rings. The molecule has 1 heterocycles. The van der Waals surface area contributed by atoms with E-state index in [-0.39, 0.29) is 35.1 Å². The number of pyridine rings is 1. The van der Waals surface area contributed by atoms with Gasteiger partial charge in [-0.2, -0.15) is 0 Å². The molecule has 3 nitrogen and oxygen atoms in total. The Hall–Kier alpha value is -0.900. The van der Waals surface area contributed by atoms with Crippen molar-refractivity contribution in [2.75, 3.05) is 0 Å². The molecule has 64 valence electrons. The Morgan fingerprint density at radius 1 is 1.29 bits per heavy atom. The summed E-state index contributed by atoms with van der Waals surface area (Å²) in [5.74, 6) is -1.17. The molecule has 0 bridgehead atoms. The van der Waals surface area contributed by atoms with Gasteiger partial charge in [-0.05, 0) is 17.7 Å². The number of carbonyl (C=O) groups excluding carboxylic acids is 1. The number of aromatic carboxylic acids is 1. The van der Waals surface area contributed by atoms with Gasteiger partial charge >= 0.3 is 29.6 Å². The van der Waals surface area contributed by atoms with Crippen molar-refractivity contribution in [1.29, 1.82) is 0 Å². The minimum atomic E-state index is -1.17. The molecule has 0 aliphatic heterocycles. The molecule has 0 amide bonds. The van der Waals surface area contributed by atoms with Crippen LogP contribution in [0.5, 0.6) is 0 Å². The number of benzene rings is 1. The van der Waals surface area contributed by atoms with Crippen LogP contribution in [-0.2, 0) is 0 Å². The second kappa shape index (κ2) is 4.55. The Bertz CT molecular complexity index is 470. The first-order chi connectivity index (χ1) is 6.27. The first kappa shape index (κ1) is 11.2. The molecule has 2 aromatic rings. The number of carboxylic acids is 1. The molecular formula is C10H6NNaO2. The van der Waals surface area contributed by atoms with Gasteiger partial charge in [0.25, 0.3) is 0 Å². The summed E-state index contributed by atoms with van der Waals surface area (Å²) >= 11 is 0. The summed E-state index contributed by atoms with van der Waals surface area (Å²) in [6.45, 7) is 0. The molecule has 1 aromatic heterocycles. The minimum absolute atomic E-state index is 0. The van der Waals surface area contributed by atoms with Gasteiger partial charge in [-0.3, -0.25) is 4.98 Å². The fourth-order valence-corrected chi connectivity index (χ4v) is 1.19. The van der Waals surface area contributed by atoms with Crippen LogP contribution in [0.2, 0.25) is 0 Å². The van der Waals surface area contributed by atoms with E-state index in [1.165, 1.54) is 12.1 Å². The van der Waals surface area contributed by atoms with Crippen molar-refractivity contribution >= 4 is 16.9 Å². The van der Waals surface area contributed by atoms with Crippen LogP contribution >= 0.6 is 0 Å². The first-order valence-corrected chi connectivity index (χ1v) is 3.83. The van der Waals surface area contributed by atoms with Gasteiger partial charge in [-0.1, -0.05) is 18.2 Å². The Morgan fingerprint density at radius 2 is 2.07 bits per heavy atom. The monoisotopic (exact) mass is 195 g/mol. The Balaban J connectivity index is 0.000000980. The standard InChI is InChI=1S/C10H7NO2.Na/c12-10(13)8-4-3-7-2-1-5-11-9(7)6-8;/h1-6H,(H,12,13);/q;+1/p-1. The molecule has 0 saturated carbocycles. The molecule has 2 rings (SSSR count). The van der Waals surface area contributed by atoms with Crippen molar-refractivity contribution in [3.63, 3.8) is 0 Å². The summed E-state index contributed by atoms with van der Waals surface area (Å²) < 4.78 is 0. The summed E-state index contributed by atoms with van der Waals surface area (Å²) in [7, 11) is 0. The number of fused-ring (bicyclic) bond motifs is 1. The van der Waals surface area contributed by atoms with Crippen LogP contribution in [0.15, 0.2) is 36.5 Å². The number of carboxylic acid groups (broad SMARTS) is 1. The van der Waals surface area contributed by atoms with Gasteiger partial charge in [0.15, 0.2) is 0 Å². The minimum Gasteiger partial charge on any atom is -0.545 e. The average molecular weight is 195 g/mol. The van der Waals surface area contributed by atoms with Gasteiger partial charge in [-0.25, -0.2) is 0 Å².